The molecule has 0 bridgehead atoms. The Morgan fingerprint density at radius 2 is 1.84 bits per heavy atom. The maximum absolute atomic E-state index is 14.1. The topological polar surface area (TPSA) is 63.5 Å². The normalized spacial score (nSPS) is 25.6. The van der Waals surface area contributed by atoms with E-state index in [4.69, 9.17) is 9.47 Å². The fourth-order valence-electron chi connectivity index (χ4n) is 4.79. The molecule has 2 atom stereocenters. The molecule has 2 saturated heterocycles. The summed E-state index contributed by atoms with van der Waals surface area (Å²) in [7, 11) is 0. The second-order valence-electron chi connectivity index (χ2n) is 8.28. The van der Waals surface area contributed by atoms with Crippen LogP contribution in [0, 0.1) is 0 Å². The lowest BCUT2D eigenvalue weighted by molar-refractivity contribution is -0.906. The molecule has 8 heteroatoms. The molecule has 1 spiro atoms. The van der Waals surface area contributed by atoms with Crippen molar-refractivity contribution in [2.75, 3.05) is 49.4 Å². The van der Waals surface area contributed by atoms with Gasteiger partial charge in [-0.25, -0.2) is 0 Å². The van der Waals surface area contributed by atoms with E-state index >= 15 is 0 Å². The molecule has 7 nitrogen and oxygen atoms in total. The van der Waals surface area contributed by atoms with Crippen LogP contribution in [0.1, 0.15) is 19.4 Å². The number of fused-ring (bicyclic) bond motifs is 2. The number of benzene rings is 2. The number of rotatable bonds is 5. The largest absolute Gasteiger partial charge is 0.494 e. The highest BCUT2D eigenvalue weighted by Gasteiger charge is 2.63. The number of carbonyl (C=O) groups excluding carboxylic acids is 2. The molecule has 0 saturated carbocycles. The SMILES string of the molecule is CCOc1ccc(N2C(=O)[C@H](C)S[C@]23C(=O)N(C[NH+]2CCOCC2)c2ccccc23)cc1. The van der Waals surface area contributed by atoms with Crippen molar-refractivity contribution < 1.29 is 24.0 Å². The van der Waals surface area contributed by atoms with Gasteiger partial charge in [0.15, 0.2) is 6.67 Å². The van der Waals surface area contributed by atoms with Gasteiger partial charge in [-0.05, 0) is 44.2 Å². The van der Waals surface area contributed by atoms with Crippen LogP contribution < -0.4 is 19.4 Å². The molecule has 2 fully saturated rings. The average molecular weight is 455 g/mol. The van der Waals surface area contributed by atoms with Crippen LogP contribution in [0.5, 0.6) is 5.75 Å². The summed E-state index contributed by atoms with van der Waals surface area (Å²) in [5.41, 5.74) is 2.48. The van der Waals surface area contributed by atoms with Gasteiger partial charge in [-0.15, -0.1) is 11.8 Å². The number of thioether (sulfide) groups is 1. The molecule has 2 amide bonds. The van der Waals surface area contributed by atoms with Gasteiger partial charge in [-0.3, -0.25) is 19.4 Å². The van der Waals surface area contributed by atoms with E-state index in [-0.39, 0.29) is 17.1 Å². The molecule has 32 heavy (non-hydrogen) atoms. The van der Waals surface area contributed by atoms with Gasteiger partial charge in [0, 0.05) is 11.3 Å². The molecule has 2 aromatic carbocycles. The minimum Gasteiger partial charge on any atom is -0.494 e. The van der Waals surface area contributed by atoms with Crippen molar-refractivity contribution in [2.24, 2.45) is 0 Å². The third-order valence-electron chi connectivity index (χ3n) is 6.31. The summed E-state index contributed by atoms with van der Waals surface area (Å²) in [6.45, 7) is 8.09. The third-order valence-corrected chi connectivity index (χ3v) is 7.79. The van der Waals surface area contributed by atoms with E-state index in [9.17, 15) is 9.59 Å². The minimum atomic E-state index is -1.09. The van der Waals surface area contributed by atoms with E-state index in [1.54, 1.807) is 4.90 Å². The van der Waals surface area contributed by atoms with Gasteiger partial charge in [0.25, 0.3) is 5.91 Å². The molecule has 3 aliphatic heterocycles. The highest BCUT2D eigenvalue weighted by molar-refractivity contribution is 8.03. The van der Waals surface area contributed by atoms with Gasteiger partial charge in [0.2, 0.25) is 10.8 Å². The van der Waals surface area contributed by atoms with Gasteiger partial charge in [-0.1, -0.05) is 18.2 Å². The first-order chi connectivity index (χ1) is 15.6. The molecular weight excluding hydrogens is 426 g/mol. The number of para-hydroxylation sites is 1. The van der Waals surface area contributed by atoms with Crippen LogP contribution in [-0.2, 0) is 19.2 Å². The van der Waals surface area contributed by atoms with E-state index < -0.39 is 4.87 Å². The summed E-state index contributed by atoms with van der Waals surface area (Å²) in [6.07, 6.45) is 0. The fraction of sp³-hybridized carbons (Fsp3) is 0.417. The highest BCUT2D eigenvalue weighted by atomic mass is 32.2. The molecule has 3 aliphatic rings. The Balaban J connectivity index is 1.57. The van der Waals surface area contributed by atoms with E-state index in [1.807, 2.05) is 67.3 Å². The van der Waals surface area contributed by atoms with E-state index in [0.29, 0.717) is 32.2 Å². The standard InChI is InChI=1S/C24H27N3O4S/c1-3-31-19-10-8-18(9-11-19)27-22(28)17(2)32-24(27)20-6-4-5-7-21(20)26(23(24)29)16-25-12-14-30-15-13-25/h4-11,17H,3,12-16H2,1-2H3/p+1/t17-,24+/m0/s1. The predicted octanol–water partition coefficient (Wildman–Crippen LogP) is 1.63. The molecular formula is C24H28N3O4S+. The van der Waals surface area contributed by atoms with Gasteiger partial charge in [0.1, 0.15) is 18.8 Å². The summed E-state index contributed by atoms with van der Waals surface area (Å²) in [4.78, 5) is 31.4. The highest BCUT2D eigenvalue weighted by Crippen LogP contribution is 2.57. The number of nitrogens with one attached hydrogen (secondary N) is 1. The lowest BCUT2D eigenvalue weighted by Crippen LogP contribution is -3.15. The molecule has 0 radical (unpaired) electrons. The average Bonchev–Trinajstić information content (AvgIpc) is 3.21. The van der Waals surface area contributed by atoms with Gasteiger partial charge in [0.05, 0.1) is 30.8 Å². The van der Waals surface area contributed by atoms with E-state index in [0.717, 1.165) is 30.1 Å². The zero-order chi connectivity index (χ0) is 22.3. The van der Waals surface area contributed by atoms with Crippen molar-refractivity contribution in [3.63, 3.8) is 0 Å². The Hall–Kier alpha value is -2.55. The van der Waals surface area contributed by atoms with Crippen molar-refractivity contribution in [3.05, 3.63) is 54.1 Å². The van der Waals surface area contributed by atoms with Crippen LogP contribution in [0.25, 0.3) is 0 Å². The maximum Gasteiger partial charge on any atom is 0.273 e. The van der Waals surface area contributed by atoms with Gasteiger partial charge >= 0.3 is 0 Å². The Morgan fingerprint density at radius 1 is 1.12 bits per heavy atom. The number of hydrogen-bond donors (Lipinski definition) is 1. The first-order valence-corrected chi connectivity index (χ1v) is 12.0. The second kappa shape index (κ2) is 8.42. The summed E-state index contributed by atoms with van der Waals surface area (Å²) in [5, 5.41) is -0.325. The fourth-order valence-corrected chi connectivity index (χ4v) is 6.32. The van der Waals surface area contributed by atoms with Crippen LogP contribution in [0.15, 0.2) is 48.5 Å². The van der Waals surface area contributed by atoms with Crippen LogP contribution in [0.4, 0.5) is 11.4 Å². The number of quaternary nitrogens is 1. The molecule has 5 rings (SSSR count). The first-order valence-electron chi connectivity index (χ1n) is 11.1. The molecule has 1 N–H and O–H groups in total. The number of carbonyl (C=O) groups is 2. The van der Waals surface area contributed by atoms with Crippen molar-refractivity contribution in [1.29, 1.82) is 0 Å². The molecule has 2 aromatic rings. The molecule has 3 heterocycles. The van der Waals surface area contributed by atoms with Gasteiger partial charge in [-0.2, -0.15) is 0 Å². The summed E-state index contributed by atoms with van der Waals surface area (Å²) < 4.78 is 11.1. The van der Waals surface area contributed by atoms with Crippen LogP contribution in [-0.4, -0.2) is 56.6 Å². The number of amides is 2. The maximum atomic E-state index is 14.1. The summed E-state index contributed by atoms with van der Waals surface area (Å²) >= 11 is 1.44. The van der Waals surface area contributed by atoms with Crippen LogP contribution in [0.3, 0.4) is 0 Å². The number of morpholine rings is 1. The Morgan fingerprint density at radius 3 is 2.56 bits per heavy atom. The number of hydrogen-bond acceptors (Lipinski definition) is 5. The number of ether oxygens (including phenoxy) is 2. The summed E-state index contributed by atoms with van der Waals surface area (Å²) in [6, 6.07) is 15.3. The summed E-state index contributed by atoms with van der Waals surface area (Å²) in [5.74, 6) is 0.644. The Labute approximate surface area is 192 Å². The molecule has 0 aromatic heterocycles. The smallest absolute Gasteiger partial charge is 0.273 e. The van der Waals surface area contributed by atoms with Crippen LogP contribution in [0.2, 0.25) is 0 Å². The van der Waals surface area contributed by atoms with Crippen molar-refractivity contribution in [1.82, 2.24) is 0 Å². The second-order valence-corrected chi connectivity index (χ2v) is 9.81. The van der Waals surface area contributed by atoms with E-state index in [1.165, 1.54) is 16.7 Å². The molecule has 0 unspecified atom stereocenters. The van der Waals surface area contributed by atoms with E-state index in [2.05, 4.69) is 0 Å². The third kappa shape index (κ3) is 3.29. The number of nitrogens with zero attached hydrogens (tertiary/aromatic N) is 2. The van der Waals surface area contributed by atoms with Gasteiger partial charge < -0.3 is 14.4 Å². The zero-order valence-corrected chi connectivity index (χ0v) is 19.2. The molecule has 168 valence electrons. The van der Waals surface area contributed by atoms with Crippen molar-refractivity contribution in [3.8, 4) is 5.75 Å². The predicted molar refractivity (Wildman–Crippen MR) is 124 cm³/mol. The Bertz CT molecular complexity index is 1020. The quantitative estimate of drug-likeness (QED) is 0.744. The lowest BCUT2D eigenvalue weighted by Gasteiger charge is -2.34. The van der Waals surface area contributed by atoms with Crippen molar-refractivity contribution in [2.45, 2.75) is 24.0 Å². The first kappa shape index (κ1) is 21.3. The van der Waals surface area contributed by atoms with Crippen LogP contribution >= 0.6 is 11.8 Å². The Kier molecular flexibility index (Phi) is 5.61. The molecule has 0 aliphatic carbocycles. The minimum absolute atomic E-state index is 0.0470. The monoisotopic (exact) mass is 454 g/mol. The van der Waals surface area contributed by atoms with Crippen molar-refractivity contribution >= 4 is 35.0 Å². The number of anilines is 2. The lowest BCUT2D eigenvalue weighted by atomic mass is 10.0. The zero-order valence-electron chi connectivity index (χ0n) is 18.4.